The Bertz CT molecular complexity index is 916. The maximum atomic E-state index is 12.8. The summed E-state index contributed by atoms with van der Waals surface area (Å²) in [7, 11) is 0. The van der Waals surface area contributed by atoms with Crippen LogP contribution < -0.4 is 0 Å². The molecule has 0 unspecified atom stereocenters. The largest absolute Gasteiger partial charge is 0.478 e. The van der Waals surface area contributed by atoms with Crippen molar-refractivity contribution in [1.29, 1.82) is 0 Å². The molecule has 0 atom stereocenters. The standard InChI is InChI=1S/C9H8FNO3.C7H4FNO4/c1-2-9(12)6-3-4-7(10)8(5-6)11(13)14;8-5-2-1-4(7(10)11)3-6(5)9(12)13/h3-5H,2H2,1H3;1-3H,(H,10,11). The van der Waals surface area contributed by atoms with Gasteiger partial charge in [-0.15, -0.1) is 0 Å². The van der Waals surface area contributed by atoms with E-state index in [-0.39, 0.29) is 23.3 Å². The molecule has 11 heteroatoms. The lowest BCUT2D eigenvalue weighted by molar-refractivity contribution is -0.387. The molecule has 2 rings (SSSR count). The van der Waals surface area contributed by atoms with Gasteiger partial charge in [0.2, 0.25) is 11.6 Å². The molecule has 0 heterocycles. The molecule has 0 aliphatic heterocycles. The molecule has 0 radical (unpaired) electrons. The van der Waals surface area contributed by atoms with Crippen molar-refractivity contribution in [3.8, 4) is 0 Å². The van der Waals surface area contributed by atoms with Crippen LogP contribution in [0.1, 0.15) is 34.1 Å². The number of carbonyl (C=O) groups excluding carboxylic acids is 1. The number of nitrogens with zero attached hydrogens (tertiary/aromatic N) is 2. The van der Waals surface area contributed by atoms with E-state index >= 15 is 0 Å². The molecule has 2 aromatic carbocycles. The summed E-state index contributed by atoms with van der Waals surface area (Å²) in [6.45, 7) is 1.64. The number of halogens is 2. The summed E-state index contributed by atoms with van der Waals surface area (Å²) in [4.78, 5) is 40.2. The Morgan fingerprint density at radius 2 is 1.33 bits per heavy atom. The van der Waals surface area contributed by atoms with Gasteiger partial charge in [-0.3, -0.25) is 25.0 Å². The van der Waals surface area contributed by atoms with Crippen molar-refractivity contribution in [2.45, 2.75) is 13.3 Å². The first kappa shape index (κ1) is 21.3. The molecule has 0 fully saturated rings. The first-order valence-electron chi connectivity index (χ1n) is 7.22. The number of ketones is 1. The van der Waals surface area contributed by atoms with E-state index < -0.39 is 38.8 Å². The van der Waals surface area contributed by atoms with E-state index in [1.165, 1.54) is 6.07 Å². The van der Waals surface area contributed by atoms with Gasteiger partial charge in [-0.05, 0) is 24.3 Å². The summed E-state index contributed by atoms with van der Waals surface area (Å²) in [6, 6.07) is 5.53. The predicted octanol–water partition coefficient (Wildman–Crippen LogP) is 3.76. The van der Waals surface area contributed by atoms with Gasteiger partial charge in [-0.25, -0.2) is 4.79 Å². The van der Waals surface area contributed by atoms with Crippen LogP contribution in [-0.2, 0) is 0 Å². The van der Waals surface area contributed by atoms with Crippen molar-refractivity contribution in [1.82, 2.24) is 0 Å². The minimum atomic E-state index is -1.33. The van der Waals surface area contributed by atoms with E-state index in [9.17, 15) is 38.6 Å². The zero-order valence-corrected chi connectivity index (χ0v) is 13.7. The smallest absolute Gasteiger partial charge is 0.335 e. The van der Waals surface area contributed by atoms with E-state index in [0.717, 1.165) is 24.3 Å². The highest BCUT2D eigenvalue weighted by Gasteiger charge is 2.17. The Hall–Kier alpha value is -3.76. The quantitative estimate of drug-likeness (QED) is 0.471. The van der Waals surface area contributed by atoms with Gasteiger partial charge in [0.25, 0.3) is 0 Å². The van der Waals surface area contributed by atoms with Crippen molar-refractivity contribution in [2.75, 3.05) is 0 Å². The number of nitro benzene ring substituents is 2. The van der Waals surface area contributed by atoms with E-state index in [1.54, 1.807) is 6.92 Å². The molecule has 0 saturated heterocycles. The number of hydrogen-bond donors (Lipinski definition) is 1. The first-order valence-corrected chi connectivity index (χ1v) is 7.22. The van der Waals surface area contributed by atoms with Gasteiger partial charge in [0, 0.05) is 24.1 Å². The van der Waals surface area contributed by atoms with Crippen molar-refractivity contribution in [3.63, 3.8) is 0 Å². The number of carboxylic acid groups (broad SMARTS) is 1. The summed E-state index contributed by atoms with van der Waals surface area (Å²) in [5, 5.41) is 28.9. The van der Waals surface area contributed by atoms with Gasteiger partial charge in [0.1, 0.15) is 0 Å². The van der Waals surface area contributed by atoms with Gasteiger partial charge in [-0.2, -0.15) is 8.78 Å². The summed E-state index contributed by atoms with van der Waals surface area (Å²) >= 11 is 0. The molecule has 142 valence electrons. The van der Waals surface area contributed by atoms with Crippen LogP contribution in [0.25, 0.3) is 0 Å². The number of carbonyl (C=O) groups is 2. The molecule has 2 aromatic rings. The van der Waals surface area contributed by atoms with Crippen LogP contribution in [0.5, 0.6) is 0 Å². The number of Topliss-reactive ketones (excluding diaryl/α,β-unsaturated/α-hetero) is 1. The third-order valence-electron chi connectivity index (χ3n) is 3.18. The van der Waals surface area contributed by atoms with Gasteiger partial charge < -0.3 is 5.11 Å². The van der Waals surface area contributed by atoms with E-state index in [2.05, 4.69) is 0 Å². The molecule has 0 amide bonds. The second-order valence-corrected chi connectivity index (χ2v) is 4.93. The van der Waals surface area contributed by atoms with Crippen molar-refractivity contribution < 1.29 is 33.3 Å². The number of benzene rings is 2. The summed E-state index contributed by atoms with van der Waals surface area (Å²) in [6.07, 6.45) is 0.239. The molecule has 0 bridgehead atoms. The lowest BCUT2D eigenvalue weighted by Gasteiger charge is -1.98. The van der Waals surface area contributed by atoms with Gasteiger partial charge in [0.15, 0.2) is 5.78 Å². The highest BCUT2D eigenvalue weighted by molar-refractivity contribution is 5.96. The number of rotatable bonds is 5. The summed E-state index contributed by atoms with van der Waals surface area (Å²) in [5.41, 5.74) is -1.64. The van der Waals surface area contributed by atoms with Crippen LogP contribution in [0.4, 0.5) is 20.2 Å². The normalized spacial score (nSPS) is 9.74. The molecular formula is C16H12F2N2O7. The average molecular weight is 382 g/mol. The van der Waals surface area contributed by atoms with E-state index in [1.807, 2.05) is 0 Å². The molecular weight excluding hydrogens is 370 g/mol. The van der Waals surface area contributed by atoms with Crippen LogP contribution in [0.15, 0.2) is 36.4 Å². The number of nitro groups is 2. The first-order chi connectivity index (χ1) is 12.6. The van der Waals surface area contributed by atoms with E-state index in [4.69, 9.17) is 5.11 Å². The SMILES string of the molecule is CCC(=O)c1ccc(F)c([N+](=O)[O-])c1.O=C(O)c1ccc(F)c([N+](=O)[O-])c1. The Morgan fingerprint density at radius 1 is 0.926 bits per heavy atom. The third kappa shape index (κ3) is 5.63. The summed E-state index contributed by atoms with van der Waals surface area (Å²) < 4.78 is 25.5. The zero-order chi connectivity index (χ0) is 20.7. The Morgan fingerprint density at radius 3 is 1.70 bits per heavy atom. The average Bonchev–Trinajstić information content (AvgIpc) is 2.61. The zero-order valence-electron chi connectivity index (χ0n) is 13.7. The molecule has 1 N–H and O–H groups in total. The highest BCUT2D eigenvalue weighted by Crippen LogP contribution is 2.19. The molecule has 0 aliphatic carbocycles. The van der Waals surface area contributed by atoms with Gasteiger partial charge in [-0.1, -0.05) is 6.92 Å². The predicted molar refractivity (Wildman–Crippen MR) is 87.7 cm³/mol. The maximum absolute atomic E-state index is 12.8. The minimum Gasteiger partial charge on any atom is -0.478 e. The Labute approximate surface area is 150 Å². The molecule has 27 heavy (non-hydrogen) atoms. The third-order valence-corrected chi connectivity index (χ3v) is 3.18. The Kier molecular flexibility index (Phi) is 7.16. The lowest BCUT2D eigenvalue weighted by Crippen LogP contribution is -1.99. The van der Waals surface area contributed by atoms with E-state index in [0.29, 0.717) is 6.07 Å². The molecule has 0 aromatic heterocycles. The maximum Gasteiger partial charge on any atom is 0.335 e. The van der Waals surface area contributed by atoms with Crippen LogP contribution in [0, 0.1) is 31.9 Å². The lowest BCUT2D eigenvalue weighted by atomic mass is 10.1. The fraction of sp³-hybridized carbons (Fsp3) is 0.125. The monoisotopic (exact) mass is 382 g/mol. The minimum absolute atomic E-state index is 0.167. The number of carboxylic acids is 1. The van der Waals surface area contributed by atoms with Gasteiger partial charge in [0.05, 0.1) is 15.4 Å². The Balaban J connectivity index is 0.000000271. The van der Waals surface area contributed by atoms with Crippen LogP contribution in [0.2, 0.25) is 0 Å². The topological polar surface area (TPSA) is 141 Å². The molecule has 0 aliphatic rings. The van der Waals surface area contributed by atoms with Crippen molar-refractivity contribution >= 4 is 23.1 Å². The highest BCUT2D eigenvalue weighted by atomic mass is 19.1. The number of hydrogen-bond acceptors (Lipinski definition) is 6. The fourth-order valence-electron chi connectivity index (χ4n) is 1.82. The van der Waals surface area contributed by atoms with Crippen LogP contribution in [-0.4, -0.2) is 26.7 Å². The molecule has 0 saturated carbocycles. The molecule has 0 spiro atoms. The second kappa shape index (κ2) is 9.08. The van der Waals surface area contributed by atoms with Crippen LogP contribution >= 0.6 is 0 Å². The van der Waals surface area contributed by atoms with Crippen LogP contribution in [0.3, 0.4) is 0 Å². The van der Waals surface area contributed by atoms with Gasteiger partial charge >= 0.3 is 17.3 Å². The van der Waals surface area contributed by atoms with Crippen molar-refractivity contribution in [3.05, 3.63) is 79.4 Å². The number of aromatic carboxylic acids is 1. The van der Waals surface area contributed by atoms with Crippen molar-refractivity contribution in [2.24, 2.45) is 0 Å². The molecule has 9 nitrogen and oxygen atoms in total. The summed E-state index contributed by atoms with van der Waals surface area (Å²) in [5.74, 6) is -3.55. The second-order valence-electron chi connectivity index (χ2n) is 4.93. The fourth-order valence-corrected chi connectivity index (χ4v) is 1.82.